The van der Waals surface area contributed by atoms with Gasteiger partial charge in [0.2, 0.25) is 0 Å². The van der Waals surface area contributed by atoms with Crippen molar-refractivity contribution >= 4 is 29.0 Å². The summed E-state index contributed by atoms with van der Waals surface area (Å²) < 4.78 is 3.13. The molecule has 0 spiro atoms. The number of aromatic nitrogens is 3. The van der Waals surface area contributed by atoms with Crippen molar-refractivity contribution in [2.24, 2.45) is 0 Å². The van der Waals surface area contributed by atoms with Gasteiger partial charge in [-0.2, -0.15) is 5.10 Å². The van der Waals surface area contributed by atoms with Crippen molar-refractivity contribution < 1.29 is 4.79 Å². The molecule has 0 saturated carbocycles. The lowest BCUT2D eigenvalue weighted by molar-refractivity contribution is 0.0965. The number of carbonyl (C=O) groups is 1. The van der Waals surface area contributed by atoms with E-state index >= 15 is 0 Å². The fraction of sp³-hybridized carbons (Fsp3) is 0.400. The zero-order valence-corrected chi connectivity index (χ0v) is 14.2. The highest BCUT2D eigenvalue weighted by atomic mass is 35.5. The zero-order chi connectivity index (χ0) is 16.4. The van der Waals surface area contributed by atoms with Crippen LogP contribution in [0.25, 0.3) is 0 Å². The molecule has 22 heavy (non-hydrogen) atoms. The Morgan fingerprint density at radius 2 is 2.00 bits per heavy atom. The maximum atomic E-state index is 12.5. The van der Waals surface area contributed by atoms with Crippen LogP contribution >= 0.6 is 23.2 Å². The Labute approximate surface area is 138 Å². The first-order chi connectivity index (χ1) is 10.4. The number of halogens is 2. The summed E-state index contributed by atoms with van der Waals surface area (Å²) in [5.41, 5.74) is 1.96. The topological polar surface area (TPSA) is 56.9 Å². The number of carbonyl (C=O) groups excluding carboxylic acids is 1. The van der Waals surface area contributed by atoms with Gasteiger partial charge in [-0.3, -0.25) is 9.59 Å². The van der Waals surface area contributed by atoms with E-state index in [0.717, 1.165) is 29.0 Å². The zero-order valence-electron chi connectivity index (χ0n) is 12.7. The molecular weight excluding hydrogens is 325 g/mol. The molecular formula is C15H17Cl2N3O2. The molecule has 0 saturated heterocycles. The lowest BCUT2D eigenvalue weighted by atomic mass is 10.1. The molecule has 0 aliphatic carbocycles. The molecule has 0 radical (unpaired) electrons. The fourth-order valence-electron chi connectivity index (χ4n) is 2.43. The second-order valence-corrected chi connectivity index (χ2v) is 5.91. The minimum Gasteiger partial charge on any atom is -0.348 e. The predicted octanol–water partition coefficient (Wildman–Crippen LogP) is 3.26. The fourth-order valence-corrected chi connectivity index (χ4v) is 2.70. The standard InChI is InChI=1S/C15H17Cl2N3O2/c1-4-5-19-9(2)6-11(10(19)3)13(21)8-20-15(22)14(17)12(16)7-18-20/h6-7H,4-5,8H2,1-3H3. The third-order valence-electron chi connectivity index (χ3n) is 3.56. The summed E-state index contributed by atoms with van der Waals surface area (Å²) in [5, 5.41) is 3.82. The predicted molar refractivity (Wildman–Crippen MR) is 87.0 cm³/mol. The molecule has 2 rings (SSSR count). The van der Waals surface area contributed by atoms with E-state index in [1.165, 1.54) is 6.20 Å². The van der Waals surface area contributed by atoms with Crippen molar-refractivity contribution in [3.8, 4) is 0 Å². The van der Waals surface area contributed by atoms with Crippen LogP contribution in [-0.4, -0.2) is 20.1 Å². The van der Waals surface area contributed by atoms with Gasteiger partial charge in [-0.05, 0) is 26.3 Å². The number of nitrogens with zero attached hydrogens (tertiary/aromatic N) is 3. The Hall–Kier alpha value is -1.59. The first-order valence-electron chi connectivity index (χ1n) is 6.97. The summed E-state index contributed by atoms with van der Waals surface area (Å²) in [6.45, 7) is 6.64. The number of Topliss-reactive ketones (excluding diaryl/α,β-unsaturated/α-hetero) is 1. The average Bonchev–Trinajstić information content (AvgIpc) is 2.76. The van der Waals surface area contributed by atoms with Crippen molar-refractivity contribution in [2.75, 3.05) is 0 Å². The molecule has 118 valence electrons. The van der Waals surface area contributed by atoms with Crippen LogP contribution in [0.3, 0.4) is 0 Å². The average molecular weight is 342 g/mol. The third-order valence-corrected chi connectivity index (χ3v) is 4.31. The van der Waals surface area contributed by atoms with Gasteiger partial charge in [0.05, 0.1) is 11.2 Å². The highest BCUT2D eigenvalue weighted by molar-refractivity contribution is 6.41. The van der Waals surface area contributed by atoms with Crippen molar-refractivity contribution in [3.05, 3.63) is 49.6 Å². The molecule has 0 aliphatic rings. The second kappa shape index (κ2) is 6.67. The molecule has 0 atom stereocenters. The summed E-state index contributed by atoms with van der Waals surface area (Å²) in [6, 6.07) is 1.84. The summed E-state index contributed by atoms with van der Waals surface area (Å²) in [4.78, 5) is 24.4. The molecule has 0 aliphatic heterocycles. The maximum Gasteiger partial charge on any atom is 0.287 e. The van der Waals surface area contributed by atoms with E-state index in [2.05, 4.69) is 16.6 Å². The van der Waals surface area contributed by atoms with Crippen LogP contribution in [0.5, 0.6) is 0 Å². The van der Waals surface area contributed by atoms with Gasteiger partial charge >= 0.3 is 0 Å². The SMILES string of the molecule is CCCn1c(C)cc(C(=O)Cn2ncc(Cl)c(Cl)c2=O)c1C. The van der Waals surface area contributed by atoms with E-state index in [4.69, 9.17) is 23.2 Å². The van der Waals surface area contributed by atoms with Crippen LogP contribution in [0.1, 0.15) is 35.1 Å². The molecule has 5 nitrogen and oxygen atoms in total. The van der Waals surface area contributed by atoms with Gasteiger partial charge in [0.1, 0.15) is 11.6 Å². The molecule has 0 bridgehead atoms. The minimum absolute atomic E-state index is 0.0801. The van der Waals surface area contributed by atoms with Crippen LogP contribution in [-0.2, 0) is 13.1 Å². The molecule has 0 N–H and O–H groups in total. The maximum absolute atomic E-state index is 12.5. The van der Waals surface area contributed by atoms with Crippen molar-refractivity contribution in [1.82, 2.24) is 14.3 Å². The van der Waals surface area contributed by atoms with Gasteiger partial charge in [-0.1, -0.05) is 30.1 Å². The van der Waals surface area contributed by atoms with E-state index in [0.29, 0.717) is 5.56 Å². The Morgan fingerprint density at radius 1 is 1.32 bits per heavy atom. The lowest BCUT2D eigenvalue weighted by Gasteiger charge is -2.08. The minimum atomic E-state index is -0.565. The molecule has 0 unspecified atom stereocenters. The van der Waals surface area contributed by atoms with E-state index in [9.17, 15) is 9.59 Å². The highest BCUT2D eigenvalue weighted by Gasteiger charge is 2.17. The number of ketones is 1. The Balaban J connectivity index is 2.33. The molecule has 0 fully saturated rings. The van der Waals surface area contributed by atoms with Gasteiger partial charge in [0, 0.05) is 23.5 Å². The number of rotatable bonds is 5. The quantitative estimate of drug-likeness (QED) is 0.784. The molecule has 2 heterocycles. The normalized spacial score (nSPS) is 11.0. The van der Waals surface area contributed by atoms with Gasteiger partial charge in [-0.15, -0.1) is 0 Å². The van der Waals surface area contributed by atoms with E-state index in [-0.39, 0.29) is 22.4 Å². The Bertz CT molecular complexity index is 778. The molecule has 2 aromatic rings. The van der Waals surface area contributed by atoms with Gasteiger partial charge in [-0.25, -0.2) is 4.68 Å². The van der Waals surface area contributed by atoms with Gasteiger partial charge in [0.15, 0.2) is 5.78 Å². The monoisotopic (exact) mass is 341 g/mol. The molecule has 0 amide bonds. The smallest absolute Gasteiger partial charge is 0.287 e. The lowest BCUT2D eigenvalue weighted by Crippen LogP contribution is -2.27. The van der Waals surface area contributed by atoms with Gasteiger partial charge < -0.3 is 4.57 Å². The van der Waals surface area contributed by atoms with Crippen molar-refractivity contribution in [1.29, 1.82) is 0 Å². The molecule has 0 aromatic carbocycles. The van der Waals surface area contributed by atoms with Crippen LogP contribution in [0, 0.1) is 13.8 Å². The van der Waals surface area contributed by atoms with Crippen molar-refractivity contribution in [3.63, 3.8) is 0 Å². The highest BCUT2D eigenvalue weighted by Crippen LogP contribution is 2.18. The largest absolute Gasteiger partial charge is 0.348 e. The third kappa shape index (κ3) is 3.10. The van der Waals surface area contributed by atoms with Crippen LogP contribution in [0.15, 0.2) is 17.1 Å². The molecule has 7 heteroatoms. The van der Waals surface area contributed by atoms with E-state index < -0.39 is 5.56 Å². The summed E-state index contributed by atoms with van der Waals surface area (Å²) >= 11 is 11.5. The molecule has 2 aromatic heterocycles. The van der Waals surface area contributed by atoms with E-state index in [1.807, 2.05) is 19.9 Å². The van der Waals surface area contributed by atoms with Crippen LogP contribution < -0.4 is 5.56 Å². The number of hydrogen-bond acceptors (Lipinski definition) is 3. The number of hydrogen-bond donors (Lipinski definition) is 0. The van der Waals surface area contributed by atoms with E-state index in [1.54, 1.807) is 0 Å². The second-order valence-electron chi connectivity index (χ2n) is 5.13. The first kappa shape index (κ1) is 16.8. The summed E-state index contributed by atoms with van der Waals surface area (Å²) in [7, 11) is 0. The van der Waals surface area contributed by atoms with Crippen LogP contribution in [0.2, 0.25) is 10.0 Å². The Kier molecular flexibility index (Phi) is 5.08. The summed E-state index contributed by atoms with van der Waals surface area (Å²) in [5.74, 6) is -0.177. The van der Waals surface area contributed by atoms with Crippen LogP contribution in [0.4, 0.5) is 0 Å². The Morgan fingerprint density at radius 3 is 2.64 bits per heavy atom. The first-order valence-corrected chi connectivity index (χ1v) is 7.73. The van der Waals surface area contributed by atoms with Gasteiger partial charge in [0.25, 0.3) is 5.56 Å². The summed E-state index contributed by atoms with van der Waals surface area (Å²) in [6.07, 6.45) is 2.25. The number of aryl methyl sites for hydroxylation is 1. The van der Waals surface area contributed by atoms with Crippen molar-refractivity contribution in [2.45, 2.75) is 40.3 Å².